The van der Waals surface area contributed by atoms with E-state index in [0.29, 0.717) is 18.5 Å². The number of halogens is 1. The fourth-order valence-electron chi connectivity index (χ4n) is 2.32. The van der Waals surface area contributed by atoms with Crippen molar-refractivity contribution in [2.24, 2.45) is 5.73 Å². The van der Waals surface area contributed by atoms with E-state index in [1.54, 1.807) is 12.4 Å². The summed E-state index contributed by atoms with van der Waals surface area (Å²) in [6.45, 7) is 0.417. The molecule has 0 unspecified atom stereocenters. The maximum Gasteiger partial charge on any atom is 0.128 e. The van der Waals surface area contributed by atoms with E-state index in [4.69, 9.17) is 5.73 Å². The average Bonchev–Trinajstić information content (AvgIpc) is 2.85. The molecule has 0 bridgehead atoms. The number of imidazole rings is 1. The van der Waals surface area contributed by atoms with Crippen molar-refractivity contribution in [3.8, 4) is 5.69 Å². The maximum absolute atomic E-state index is 13.9. The lowest BCUT2D eigenvalue weighted by Crippen LogP contribution is -2.08. The van der Waals surface area contributed by atoms with Crippen molar-refractivity contribution in [2.75, 3.05) is 6.54 Å². The number of benzene rings is 2. The first-order valence-corrected chi connectivity index (χ1v) is 6.21. The van der Waals surface area contributed by atoms with Gasteiger partial charge < -0.3 is 5.73 Å². The van der Waals surface area contributed by atoms with Crippen LogP contribution in [0.5, 0.6) is 0 Å². The summed E-state index contributed by atoms with van der Waals surface area (Å²) in [5, 5.41) is 0. The standard InChI is InChI=1S/C15H14FN3/c16-12-4-3-7-14(11(12)8-9-17)19-10-18-13-5-1-2-6-15(13)19/h1-7,10H,8-9,17H2. The molecule has 0 atom stereocenters. The quantitative estimate of drug-likeness (QED) is 0.782. The Morgan fingerprint density at radius 2 is 1.95 bits per heavy atom. The molecule has 19 heavy (non-hydrogen) atoms. The second kappa shape index (κ2) is 4.82. The van der Waals surface area contributed by atoms with E-state index in [2.05, 4.69) is 4.98 Å². The fourth-order valence-corrected chi connectivity index (χ4v) is 2.32. The minimum atomic E-state index is -0.222. The minimum absolute atomic E-state index is 0.222. The van der Waals surface area contributed by atoms with Gasteiger partial charge in [-0.15, -0.1) is 0 Å². The number of aromatic nitrogens is 2. The molecule has 0 saturated carbocycles. The summed E-state index contributed by atoms with van der Waals surface area (Å²) in [5.41, 5.74) is 8.87. The first-order chi connectivity index (χ1) is 9.31. The predicted molar refractivity (Wildman–Crippen MR) is 73.8 cm³/mol. The molecule has 1 aromatic heterocycles. The second-order valence-electron chi connectivity index (χ2n) is 4.38. The molecule has 4 heteroatoms. The monoisotopic (exact) mass is 255 g/mol. The summed E-state index contributed by atoms with van der Waals surface area (Å²) in [4.78, 5) is 4.34. The van der Waals surface area contributed by atoms with Gasteiger partial charge in [-0.1, -0.05) is 18.2 Å². The molecule has 96 valence electrons. The van der Waals surface area contributed by atoms with Gasteiger partial charge >= 0.3 is 0 Å². The van der Waals surface area contributed by atoms with Crippen LogP contribution in [-0.2, 0) is 6.42 Å². The Labute approximate surface area is 110 Å². The summed E-state index contributed by atoms with van der Waals surface area (Å²) >= 11 is 0. The largest absolute Gasteiger partial charge is 0.330 e. The second-order valence-corrected chi connectivity index (χ2v) is 4.38. The van der Waals surface area contributed by atoms with Crippen LogP contribution in [0.4, 0.5) is 4.39 Å². The molecule has 1 heterocycles. The van der Waals surface area contributed by atoms with Gasteiger partial charge in [0.05, 0.1) is 16.7 Å². The molecular formula is C15H14FN3. The van der Waals surface area contributed by atoms with E-state index in [-0.39, 0.29) is 5.82 Å². The van der Waals surface area contributed by atoms with Gasteiger partial charge in [-0.2, -0.15) is 0 Å². The van der Waals surface area contributed by atoms with Crippen molar-refractivity contribution in [1.82, 2.24) is 9.55 Å². The van der Waals surface area contributed by atoms with Gasteiger partial charge in [0, 0.05) is 5.56 Å². The number of hydrogen-bond donors (Lipinski definition) is 1. The van der Waals surface area contributed by atoms with E-state index >= 15 is 0 Å². The number of nitrogens with two attached hydrogens (primary N) is 1. The van der Waals surface area contributed by atoms with Crippen LogP contribution in [0.1, 0.15) is 5.56 Å². The van der Waals surface area contributed by atoms with Crippen molar-refractivity contribution in [1.29, 1.82) is 0 Å². The van der Waals surface area contributed by atoms with Crippen LogP contribution >= 0.6 is 0 Å². The van der Waals surface area contributed by atoms with Gasteiger partial charge in [0.2, 0.25) is 0 Å². The van der Waals surface area contributed by atoms with Crippen LogP contribution < -0.4 is 5.73 Å². The maximum atomic E-state index is 13.9. The molecule has 3 aromatic rings. The smallest absolute Gasteiger partial charge is 0.128 e. The Bertz CT molecular complexity index is 718. The van der Waals surface area contributed by atoms with Crippen molar-refractivity contribution < 1.29 is 4.39 Å². The highest BCUT2D eigenvalue weighted by Crippen LogP contribution is 2.23. The van der Waals surface area contributed by atoms with Crippen molar-refractivity contribution >= 4 is 11.0 Å². The molecule has 0 fully saturated rings. The number of nitrogens with zero attached hydrogens (tertiary/aromatic N) is 2. The molecule has 3 nitrogen and oxygen atoms in total. The number of hydrogen-bond acceptors (Lipinski definition) is 2. The third-order valence-electron chi connectivity index (χ3n) is 3.20. The summed E-state index contributed by atoms with van der Waals surface area (Å²) in [5.74, 6) is -0.222. The van der Waals surface area contributed by atoms with Gasteiger partial charge in [0.15, 0.2) is 0 Å². The summed E-state index contributed by atoms with van der Waals surface area (Å²) in [6, 6.07) is 12.9. The Kier molecular flexibility index (Phi) is 3.01. The highest BCUT2D eigenvalue weighted by molar-refractivity contribution is 5.77. The van der Waals surface area contributed by atoms with Crippen LogP contribution in [0, 0.1) is 5.82 Å². The molecule has 2 N–H and O–H groups in total. The molecule has 3 rings (SSSR count). The zero-order chi connectivity index (χ0) is 13.2. The zero-order valence-corrected chi connectivity index (χ0v) is 10.4. The minimum Gasteiger partial charge on any atom is -0.330 e. The Morgan fingerprint density at radius 3 is 2.79 bits per heavy atom. The van der Waals surface area contributed by atoms with E-state index in [1.165, 1.54) is 6.07 Å². The van der Waals surface area contributed by atoms with Gasteiger partial charge in [0.1, 0.15) is 12.1 Å². The van der Waals surface area contributed by atoms with Crippen molar-refractivity contribution in [3.63, 3.8) is 0 Å². The highest BCUT2D eigenvalue weighted by Gasteiger charge is 2.11. The van der Waals surface area contributed by atoms with Gasteiger partial charge in [0.25, 0.3) is 0 Å². The number of fused-ring (bicyclic) bond motifs is 1. The third-order valence-corrected chi connectivity index (χ3v) is 3.20. The first kappa shape index (κ1) is 11.9. The normalized spacial score (nSPS) is 11.1. The Hall–Kier alpha value is -2.20. The SMILES string of the molecule is NCCc1c(F)cccc1-n1cnc2ccccc21. The highest BCUT2D eigenvalue weighted by atomic mass is 19.1. The summed E-state index contributed by atoms with van der Waals surface area (Å²) in [7, 11) is 0. The zero-order valence-electron chi connectivity index (χ0n) is 10.4. The molecule has 0 saturated heterocycles. The lowest BCUT2D eigenvalue weighted by molar-refractivity contribution is 0.608. The average molecular weight is 255 g/mol. The molecule has 0 radical (unpaired) electrons. The van der Waals surface area contributed by atoms with Gasteiger partial charge in [-0.3, -0.25) is 4.57 Å². The molecule has 0 spiro atoms. The molecule has 0 amide bonds. The number of para-hydroxylation sites is 2. The van der Waals surface area contributed by atoms with Crippen LogP contribution in [-0.4, -0.2) is 16.1 Å². The molecule has 2 aromatic carbocycles. The molecular weight excluding hydrogens is 241 g/mol. The van der Waals surface area contributed by atoms with Crippen LogP contribution in [0.25, 0.3) is 16.7 Å². The topological polar surface area (TPSA) is 43.8 Å². The van der Waals surface area contributed by atoms with E-state index < -0.39 is 0 Å². The van der Waals surface area contributed by atoms with Crippen LogP contribution in [0.2, 0.25) is 0 Å². The number of rotatable bonds is 3. The van der Waals surface area contributed by atoms with Gasteiger partial charge in [-0.05, 0) is 37.2 Å². The molecule has 0 aliphatic rings. The molecule has 0 aliphatic carbocycles. The van der Waals surface area contributed by atoms with E-state index in [9.17, 15) is 4.39 Å². The van der Waals surface area contributed by atoms with Crippen LogP contribution in [0.3, 0.4) is 0 Å². The van der Waals surface area contributed by atoms with Gasteiger partial charge in [-0.25, -0.2) is 9.37 Å². The van der Waals surface area contributed by atoms with Crippen molar-refractivity contribution in [3.05, 3.63) is 60.2 Å². The lowest BCUT2D eigenvalue weighted by Gasteiger charge is -2.11. The fraction of sp³-hybridized carbons (Fsp3) is 0.133. The Balaban J connectivity index is 2.24. The first-order valence-electron chi connectivity index (χ1n) is 6.21. The van der Waals surface area contributed by atoms with Crippen LogP contribution in [0.15, 0.2) is 48.8 Å². The summed E-state index contributed by atoms with van der Waals surface area (Å²) in [6.07, 6.45) is 2.23. The predicted octanol–water partition coefficient (Wildman–Crippen LogP) is 2.67. The molecule has 0 aliphatic heterocycles. The van der Waals surface area contributed by atoms with E-state index in [0.717, 1.165) is 16.7 Å². The lowest BCUT2D eigenvalue weighted by atomic mass is 10.1. The Morgan fingerprint density at radius 1 is 1.11 bits per heavy atom. The summed E-state index contributed by atoms with van der Waals surface area (Å²) < 4.78 is 15.8. The third kappa shape index (κ3) is 2.00. The van der Waals surface area contributed by atoms with Crippen molar-refractivity contribution in [2.45, 2.75) is 6.42 Å². The van der Waals surface area contributed by atoms with E-state index in [1.807, 2.05) is 34.9 Å².